The Bertz CT molecular complexity index is 460. The van der Waals surface area contributed by atoms with Crippen molar-refractivity contribution in [2.24, 2.45) is 11.7 Å². The number of carbonyl (C=O) groups excluding carboxylic acids is 1. The fourth-order valence-corrected chi connectivity index (χ4v) is 1.80. The Morgan fingerprint density at radius 1 is 1.35 bits per heavy atom. The van der Waals surface area contributed by atoms with Crippen molar-refractivity contribution in [1.29, 1.82) is 0 Å². The fraction of sp³-hybridized carbons (Fsp3) is 0.500. The van der Waals surface area contributed by atoms with E-state index < -0.39 is 17.8 Å². The molecule has 0 bridgehead atoms. The maximum absolute atomic E-state index is 12.6. The first-order valence-corrected chi connectivity index (χ1v) is 6.43. The van der Waals surface area contributed by atoms with Crippen molar-refractivity contribution >= 4 is 5.91 Å². The van der Waals surface area contributed by atoms with Crippen LogP contribution in [0.5, 0.6) is 0 Å². The number of hydrogen-bond donors (Lipinski definition) is 2. The van der Waals surface area contributed by atoms with Gasteiger partial charge in [-0.25, -0.2) is 0 Å². The van der Waals surface area contributed by atoms with Crippen LogP contribution in [-0.4, -0.2) is 12.5 Å². The van der Waals surface area contributed by atoms with Crippen LogP contribution in [0.15, 0.2) is 24.3 Å². The van der Waals surface area contributed by atoms with E-state index in [1.165, 1.54) is 6.07 Å². The predicted octanol–water partition coefficient (Wildman–Crippen LogP) is 2.87. The van der Waals surface area contributed by atoms with Crippen LogP contribution in [0.2, 0.25) is 0 Å². The third-order valence-corrected chi connectivity index (χ3v) is 3.12. The molecule has 0 heterocycles. The summed E-state index contributed by atoms with van der Waals surface area (Å²) in [6.07, 6.45) is -3.84. The van der Waals surface area contributed by atoms with E-state index in [0.717, 1.165) is 12.1 Å². The van der Waals surface area contributed by atoms with Crippen molar-refractivity contribution in [3.05, 3.63) is 35.4 Å². The van der Waals surface area contributed by atoms with Crippen molar-refractivity contribution in [1.82, 2.24) is 5.32 Å². The molecule has 6 heteroatoms. The van der Waals surface area contributed by atoms with Gasteiger partial charge < -0.3 is 11.1 Å². The lowest BCUT2D eigenvalue weighted by molar-refractivity contribution is -0.137. The number of rotatable bonds is 5. The monoisotopic (exact) mass is 288 g/mol. The summed E-state index contributed by atoms with van der Waals surface area (Å²) in [5.41, 5.74) is 5.08. The molecule has 0 aliphatic carbocycles. The molecule has 2 unspecified atom stereocenters. The van der Waals surface area contributed by atoms with Crippen molar-refractivity contribution in [2.75, 3.05) is 6.54 Å². The fourth-order valence-electron chi connectivity index (χ4n) is 1.80. The third kappa shape index (κ3) is 4.52. The van der Waals surface area contributed by atoms with Gasteiger partial charge in [-0.1, -0.05) is 19.1 Å². The zero-order valence-electron chi connectivity index (χ0n) is 11.5. The molecule has 1 rings (SSSR count). The quantitative estimate of drug-likeness (QED) is 0.875. The van der Waals surface area contributed by atoms with Gasteiger partial charge in [0, 0.05) is 5.92 Å². The molecule has 0 aliphatic rings. The Balaban J connectivity index is 2.78. The van der Waals surface area contributed by atoms with Crippen LogP contribution in [0, 0.1) is 5.92 Å². The van der Waals surface area contributed by atoms with Crippen LogP contribution >= 0.6 is 0 Å². The number of carbonyl (C=O) groups is 1. The zero-order chi connectivity index (χ0) is 15.3. The lowest BCUT2D eigenvalue weighted by atomic mass is 10.0. The van der Waals surface area contributed by atoms with Gasteiger partial charge in [-0.3, -0.25) is 4.79 Å². The van der Waals surface area contributed by atoms with E-state index in [-0.39, 0.29) is 11.8 Å². The minimum Gasteiger partial charge on any atom is -0.349 e. The van der Waals surface area contributed by atoms with E-state index in [2.05, 4.69) is 5.32 Å². The van der Waals surface area contributed by atoms with Gasteiger partial charge in [0.2, 0.25) is 5.91 Å². The number of hydrogen-bond acceptors (Lipinski definition) is 2. The molecular formula is C14H19F3N2O. The molecule has 0 spiro atoms. The van der Waals surface area contributed by atoms with Gasteiger partial charge in [0.1, 0.15) is 0 Å². The number of benzene rings is 1. The minimum absolute atomic E-state index is 0.208. The molecule has 1 aromatic carbocycles. The van der Waals surface area contributed by atoms with E-state index in [0.29, 0.717) is 18.5 Å². The molecule has 3 nitrogen and oxygen atoms in total. The molecule has 20 heavy (non-hydrogen) atoms. The topological polar surface area (TPSA) is 55.1 Å². The van der Waals surface area contributed by atoms with Gasteiger partial charge >= 0.3 is 6.18 Å². The van der Waals surface area contributed by atoms with Gasteiger partial charge in [-0.2, -0.15) is 13.2 Å². The molecule has 0 aromatic heterocycles. The SMILES string of the molecule is CC(CCN)C(=O)NC(C)c1cccc(C(F)(F)F)c1. The highest BCUT2D eigenvalue weighted by Gasteiger charge is 2.30. The summed E-state index contributed by atoms with van der Waals surface area (Å²) in [5, 5.41) is 2.70. The molecule has 3 N–H and O–H groups in total. The van der Waals surface area contributed by atoms with Crippen molar-refractivity contribution < 1.29 is 18.0 Å². The molecule has 112 valence electrons. The van der Waals surface area contributed by atoms with Gasteiger partial charge in [0.25, 0.3) is 0 Å². The highest BCUT2D eigenvalue weighted by molar-refractivity contribution is 5.78. The molecule has 2 atom stereocenters. The summed E-state index contributed by atoms with van der Waals surface area (Å²) in [6.45, 7) is 3.79. The lowest BCUT2D eigenvalue weighted by Gasteiger charge is -2.18. The van der Waals surface area contributed by atoms with Crippen molar-refractivity contribution in [3.8, 4) is 0 Å². The van der Waals surface area contributed by atoms with Crippen LogP contribution in [0.4, 0.5) is 13.2 Å². The molecule has 0 fully saturated rings. The van der Waals surface area contributed by atoms with E-state index in [9.17, 15) is 18.0 Å². The maximum Gasteiger partial charge on any atom is 0.416 e. The second-order valence-electron chi connectivity index (χ2n) is 4.83. The largest absolute Gasteiger partial charge is 0.416 e. The Morgan fingerprint density at radius 2 is 2.00 bits per heavy atom. The molecule has 1 aromatic rings. The Morgan fingerprint density at radius 3 is 2.55 bits per heavy atom. The molecular weight excluding hydrogens is 269 g/mol. The standard InChI is InChI=1S/C14H19F3N2O/c1-9(6-7-18)13(20)19-10(2)11-4-3-5-12(8-11)14(15,16)17/h3-5,8-10H,6-7,18H2,1-2H3,(H,19,20). The van der Waals surface area contributed by atoms with Crippen LogP contribution in [0.25, 0.3) is 0 Å². The zero-order valence-corrected chi connectivity index (χ0v) is 11.5. The summed E-state index contributed by atoms with van der Waals surface area (Å²) in [4.78, 5) is 11.8. The maximum atomic E-state index is 12.6. The average molecular weight is 288 g/mol. The highest BCUT2D eigenvalue weighted by atomic mass is 19.4. The minimum atomic E-state index is -4.38. The van der Waals surface area contributed by atoms with Crippen LogP contribution in [-0.2, 0) is 11.0 Å². The first-order chi connectivity index (χ1) is 9.25. The molecule has 0 saturated heterocycles. The first-order valence-electron chi connectivity index (χ1n) is 6.43. The van der Waals surface area contributed by atoms with Gasteiger partial charge in [-0.05, 0) is 37.6 Å². The lowest BCUT2D eigenvalue weighted by Crippen LogP contribution is -2.32. The number of nitrogens with one attached hydrogen (secondary N) is 1. The second kappa shape index (κ2) is 6.74. The Kier molecular flexibility index (Phi) is 5.56. The molecule has 0 radical (unpaired) electrons. The second-order valence-corrected chi connectivity index (χ2v) is 4.83. The summed E-state index contributed by atoms with van der Waals surface area (Å²) < 4.78 is 37.9. The average Bonchev–Trinajstić information content (AvgIpc) is 2.38. The third-order valence-electron chi connectivity index (χ3n) is 3.12. The van der Waals surface area contributed by atoms with Gasteiger partial charge in [0.15, 0.2) is 0 Å². The predicted molar refractivity (Wildman–Crippen MR) is 70.8 cm³/mol. The van der Waals surface area contributed by atoms with Gasteiger partial charge in [0.05, 0.1) is 11.6 Å². The Labute approximate surface area is 116 Å². The van der Waals surface area contributed by atoms with Crippen molar-refractivity contribution in [3.63, 3.8) is 0 Å². The number of amides is 1. The van der Waals surface area contributed by atoms with Gasteiger partial charge in [-0.15, -0.1) is 0 Å². The van der Waals surface area contributed by atoms with E-state index in [1.807, 2.05) is 0 Å². The van der Waals surface area contributed by atoms with Crippen molar-refractivity contribution in [2.45, 2.75) is 32.5 Å². The van der Waals surface area contributed by atoms with Crippen LogP contribution < -0.4 is 11.1 Å². The van der Waals surface area contributed by atoms with E-state index >= 15 is 0 Å². The summed E-state index contributed by atoms with van der Waals surface area (Å²) in [6, 6.07) is 4.48. The first kappa shape index (κ1) is 16.5. The normalized spacial score (nSPS) is 14.7. The summed E-state index contributed by atoms with van der Waals surface area (Å²) in [5.74, 6) is -0.464. The van der Waals surface area contributed by atoms with E-state index in [1.54, 1.807) is 19.9 Å². The van der Waals surface area contributed by atoms with Crippen LogP contribution in [0.3, 0.4) is 0 Å². The number of alkyl halides is 3. The number of nitrogens with two attached hydrogens (primary N) is 1. The number of halogens is 3. The smallest absolute Gasteiger partial charge is 0.349 e. The summed E-state index contributed by atoms with van der Waals surface area (Å²) >= 11 is 0. The van der Waals surface area contributed by atoms with Crippen LogP contribution in [0.1, 0.15) is 37.4 Å². The molecule has 0 aliphatic heterocycles. The van der Waals surface area contributed by atoms with E-state index in [4.69, 9.17) is 5.73 Å². The molecule has 0 saturated carbocycles. The molecule has 1 amide bonds. The highest BCUT2D eigenvalue weighted by Crippen LogP contribution is 2.30. The Hall–Kier alpha value is -1.56. The summed E-state index contributed by atoms with van der Waals surface area (Å²) in [7, 11) is 0.